The van der Waals surface area contributed by atoms with Crippen molar-refractivity contribution in [1.82, 2.24) is 15.1 Å². The first kappa shape index (κ1) is 17.6. The molecule has 1 heterocycles. The van der Waals surface area contributed by atoms with Gasteiger partial charge in [0, 0.05) is 17.2 Å². The molecule has 0 aliphatic rings. The van der Waals surface area contributed by atoms with Crippen molar-refractivity contribution in [2.45, 2.75) is 13.0 Å². The van der Waals surface area contributed by atoms with Gasteiger partial charge in [-0.25, -0.2) is 0 Å². The van der Waals surface area contributed by atoms with Crippen molar-refractivity contribution in [1.29, 1.82) is 0 Å². The van der Waals surface area contributed by atoms with Gasteiger partial charge in [-0.15, -0.1) is 0 Å². The lowest BCUT2D eigenvalue weighted by Gasteiger charge is -2.08. The molecule has 0 saturated carbocycles. The molecule has 128 valence electrons. The van der Waals surface area contributed by atoms with E-state index in [1.165, 1.54) is 11.1 Å². The lowest BCUT2D eigenvalue weighted by Crippen LogP contribution is -2.30. The van der Waals surface area contributed by atoms with Crippen LogP contribution in [0.1, 0.15) is 11.1 Å². The van der Waals surface area contributed by atoms with Crippen LogP contribution in [0.4, 0.5) is 5.69 Å². The summed E-state index contributed by atoms with van der Waals surface area (Å²) in [5.74, 6) is 0. The van der Waals surface area contributed by atoms with Gasteiger partial charge >= 0.3 is 0 Å². The number of rotatable bonds is 6. The van der Waals surface area contributed by atoms with Crippen LogP contribution in [-0.2, 0) is 13.0 Å². The summed E-state index contributed by atoms with van der Waals surface area (Å²) >= 11 is 8.78. The molecule has 0 radical (unpaired) electrons. The summed E-state index contributed by atoms with van der Waals surface area (Å²) in [7, 11) is 0. The van der Waals surface area contributed by atoms with Gasteiger partial charge in [0.15, 0.2) is 5.11 Å². The van der Waals surface area contributed by atoms with Crippen molar-refractivity contribution >= 4 is 38.9 Å². The molecular formula is C19H19BrN4S. The van der Waals surface area contributed by atoms with Crippen LogP contribution in [0, 0.1) is 0 Å². The van der Waals surface area contributed by atoms with Crippen molar-refractivity contribution < 1.29 is 0 Å². The Morgan fingerprint density at radius 1 is 1.04 bits per heavy atom. The van der Waals surface area contributed by atoms with Crippen LogP contribution < -0.4 is 10.6 Å². The van der Waals surface area contributed by atoms with E-state index in [9.17, 15) is 0 Å². The second kappa shape index (κ2) is 8.78. The van der Waals surface area contributed by atoms with Gasteiger partial charge in [0.1, 0.15) is 0 Å². The van der Waals surface area contributed by atoms with Crippen molar-refractivity contribution in [2.24, 2.45) is 0 Å². The molecule has 0 bridgehead atoms. The van der Waals surface area contributed by atoms with Crippen LogP contribution >= 0.6 is 28.1 Å². The van der Waals surface area contributed by atoms with E-state index in [4.69, 9.17) is 12.2 Å². The Kier molecular flexibility index (Phi) is 6.19. The van der Waals surface area contributed by atoms with E-state index >= 15 is 0 Å². The van der Waals surface area contributed by atoms with Crippen molar-refractivity contribution in [3.63, 3.8) is 0 Å². The molecule has 3 aromatic rings. The highest BCUT2D eigenvalue weighted by Crippen LogP contribution is 2.12. The molecule has 0 aliphatic heterocycles. The summed E-state index contributed by atoms with van der Waals surface area (Å²) in [5, 5.41) is 11.4. The third-order valence-electron chi connectivity index (χ3n) is 3.69. The molecule has 1 aromatic heterocycles. The number of nitrogens with zero attached hydrogens (tertiary/aromatic N) is 2. The van der Waals surface area contributed by atoms with Gasteiger partial charge in [-0.05, 0) is 41.9 Å². The maximum absolute atomic E-state index is 5.34. The minimum absolute atomic E-state index is 0.610. The molecule has 6 heteroatoms. The number of thiocarbonyl (C=S) groups is 1. The second-order valence-electron chi connectivity index (χ2n) is 5.67. The van der Waals surface area contributed by atoms with Gasteiger partial charge in [0.25, 0.3) is 0 Å². The summed E-state index contributed by atoms with van der Waals surface area (Å²) < 4.78 is 2.96. The number of nitrogens with one attached hydrogen (secondary N) is 2. The summed E-state index contributed by atoms with van der Waals surface area (Å²) in [6.45, 7) is 1.52. The molecule has 0 unspecified atom stereocenters. The zero-order valence-corrected chi connectivity index (χ0v) is 16.1. The van der Waals surface area contributed by atoms with Crippen LogP contribution in [0.3, 0.4) is 0 Å². The number of halogens is 1. The lowest BCUT2D eigenvalue weighted by molar-refractivity contribution is 0.687. The number of hydrogen-bond donors (Lipinski definition) is 2. The van der Waals surface area contributed by atoms with Gasteiger partial charge in [-0.1, -0.05) is 58.4 Å². The Morgan fingerprint density at radius 3 is 2.56 bits per heavy atom. The maximum atomic E-state index is 5.34. The van der Waals surface area contributed by atoms with Gasteiger partial charge in [0.05, 0.1) is 18.4 Å². The average molecular weight is 415 g/mol. The van der Waals surface area contributed by atoms with Crippen molar-refractivity contribution in [2.75, 3.05) is 11.9 Å². The van der Waals surface area contributed by atoms with Gasteiger partial charge in [-0.2, -0.15) is 5.10 Å². The minimum Gasteiger partial charge on any atom is -0.362 e. The van der Waals surface area contributed by atoms with E-state index in [0.29, 0.717) is 5.11 Å². The number of anilines is 1. The summed E-state index contributed by atoms with van der Waals surface area (Å²) in [5.41, 5.74) is 3.37. The van der Waals surface area contributed by atoms with Gasteiger partial charge in [0.2, 0.25) is 0 Å². The normalized spacial score (nSPS) is 10.4. The van der Waals surface area contributed by atoms with Crippen LogP contribution in [0.15, 0.2) is 71.5 Å². The van der Waals surface area contributed by atoms with E-state index < -0.39 is 0 Å². The summed E-state index contributed by atoms with van der Waals surface area (Å²) in [4.78, 5) is 0. The van der Waals surface area contributed by atoms with Crippen LogP contribution in [0.25, 0.3) is 0 Å². The fourth-order valence-corrected chi connectivity index (χ4v) is 2.92. The van der Waals surface area contributed by atoms with Gasteiger partial charge in [-0.3, -0.25) is 4.68 Å². The Morgan fingerprint density at radius 2 is 1.80 bits per heavy atom. The number of hydrogen-bond acceptors (Lipinski definition) is 2. The topological polar surface area (TPSA) is 41.9 Å². The first-order valence-electron chi connectivity index (χ1n) is 8.05. The summed E-state index contributed by atoms with van der Waals surface area (Å²) in [6.07, 6.45) is 4.67. The third-order valence-corrected chi connectivity index (χ3v) is 4.47. The average Bonchev–Trinajstić information content (AvgIpc) is 3.05. The molecule has 0 spiro atoms. The quantitative estimate of drug-likeness (QED) is 0.592. The van der Waals surface area contributed by atoms with Gasteiger partial charge < -0.3 is 10.6 Å². The molecule has 0 fully saturated rings. The monoisotopic (exact) mass is 414 g/mol. The van der Waals surface area contributed by atoms with E-state index in [1.54, 1.807) is 6.20 Å². The van der Waals surface area contributed by atoms with Crippen LogP contribution in [-0.4, -0.2) is 21.4 Å². The fourth-order valence-electron chi connectivity index (χ4n) is 2.43. The largest absolute Gasteiger partial charge is 0.362 e. The minimum atomic E-state index is 0.610. The SMILES string of the molecule is S=C(NCCc1ccccc1)Nc1cnn(Cc2ccc(Br)cc2)c1. The van der Waals surface area contributed by atoms with Crippen molar-refractivity contribution in [3.05, 3.63) is 82.6 Å². The summed E-state index contributed by atoms with van der Waals surface area (Å²) in [6, 6.07) is 18.6. The number of aromatic nitrogens is 2. The van der Waals surface area contributed by atoms with E-state index in [-0.39, 0.29) is 0 Å². The highest BCUT2D eigenvalue weighted by atomic mass is 79.9. The lowest BCUT2D eigenvalue weighted by atomic mass is 10.1. The van der Waals surface area contributed by atoms with Crippen LogP contribution in [0.5, 0.6) is 0 Å². The predicted octanol–water partition coefficient (Wildman–Crippen LogP) is 4.22. The Bertz CT molecular complexity index is 815. The zero-order chi connectivity index (χ0) is 17.5. The molecule has 4 nitrogen and oxygen atoms in total. The highest BCUT2D eigenvalue weighted by Gasteiger charge is 2.02. The Balaban J connectivity index is 1.45. The zero-order valence-electron chi connectivity index (χ0n) is 13.7. The first-order valence-corrected chi connectivity index (χ1v) is 9.25. The maximum Gasteiger partial charge on any atom is 0.170 e. The third kappa shape index (κ3) is 5.69. The molecule has 0 aliphatic carbocycles. The molecule has 2 N–H and O–H groups in total. The smallest absolute Gasteiger partial charge is 0.170 e. The first-order chi connectivity index (χ1) is 12.2. The molecule has 0 atom stereocenters. The Labute approximate surface area is 161 Å². The van der Waals surface area contributed by atoms with Crippen LogP contribution in [0.2, 0.25) is 0 Å². The molecular weight excluding hydrogens is 396 g/mol. The number of benzene rings is 2. The van der Waals surface area contributed by atoms with Crippen molar-refractivity contribution in [3.8, 4) is 0 Å². The second-order valence-corrected chi connectivity index (χ2v) is 6.99. The van der Waals surface area contributed by atoms with E-state index in [0.717, 1.165) is 29.7 Å². The molecule has 0 saturated heterocycles. The molecule has 25 heavy (non-hydrogen) atoms. The molecule has 2 aromatic carbocycles. The fraction of sp³-hybridized carbons (Fsp3) is 0.158. The Hall–Kier alpha value is -2.18. The standard InChI is InChI=1S/C19H19BrN4S/c20-17-8-6-16(7-9-17)13-24-14-18(12-22-24)23-19(25)21-11-10-15-4-2-1-3-5-15/h1-9,12,14H,10-11,13H2,(H2,21,23,25). The highest BCUT2D eigenvalue weighted by molar-refractivity contribution is 9.10. The predicted molar refractivity (Wildman–Crippen MR) is 110 cm³/mol. The van der Waals surface area contributed by atoms with E-state index in [2.05, 4.69) is 55.9 Å². The molecule has 3 rings (SSSR count). The van der Waals surface area contributed by atoms with E-state index in [1.807, 2.05) is 41.2 Å². The molecule has 0 amide bonds.